The molecule has 6 nitrogen and oxygen atoms in total. The molecule has 150 valence electrons. The molecule has 1 aliphatic heterocycles. The van der Waals surface area contributed by atoms with E-state index in [0.717, 1.165) is 47.4 Å². The van der Waals surface area contributed by atoms with Crippen LogP contribution in [0.2, 0.25) is 0 Å². The zero-order valence-electron chi connectivity index (χ0n) is 17.1. The minimum atomic E-state index is 0.0104. The molecule has 0 N–H and O–H groups in total. The third-order valence-corrected chi connectivity index (χ3v) is 5.04. The molecule has 0 radical (unpaired) electrons. The van der Waals surface area contributed by atoms with Crippen LogP contribution in [0.3, 0.4) is 0 Å². The van der Waals surface area contributed by atoms with Gasteiger partial charge in [-0.1, -0.05) is 12.1 Å². The standard InChI is InChI=1S/C23H24N2O4/c1-14(2)29-22-12-20-15(11-21(22)28-4)8-9-19-18(13-26)24-23(25(19)20)16-6-5-7-17(10-16)27-3/h5-7,10-14H,8-9H2,1-4H3. The van der Waals surface area contributed by atoms with Gasteiger partial charge in [0.1, 0.15) is 17.3 Å². The summed E-state index contributed by atoms with van der Waals surface area (Å²) >= 11 is 0. The highest BCUT2D eigenvalue weighted by Crippen LogP contribution is 2.39. The van der Waals surface area contributed by atoms with Crippen LogP contribution in [0.5, 0.6) is 17.2 Å². The van der Waals surface area contributed by atoms with Crippen LogP contribution in [-0.2, 0) is 12.8 Å². The molecule has 2 aromatic carbocycles. The molecule has 0 spiro atoms. The second-order valence-electron chi connectivity index (χ2n) is 7.25. The van der Waals surface area contributed by atoms with Crippen molar-refractivity contribution >= 4 is 6.29 Å². The van der Waals surface area contributed by atoms with E-state index >= 15 is 0 Å². The van der Waals surface area contributed by atoms with Crippen molar-refractivity contribution in [2.45, 2.75) is 32.8 Å². The summed E-state index contributed by atoms with van der Waals surface area (Å²) in [6.45, 7) is 3.96. The van der Waals surface area contributed by atoms with E-state index in [1.807, 2.05) is 50.2 Å². The highest BCUT2D eigenvalue weighted by molar-refractivity contribution is 5.78. The summed E-state index contributed by atoms with van der Waals surface area (Å²) in [5.41, 5.74) is 4.35. The molecule has 0 saturated heterocycles. The highest BCUT2D eigenvalue weighted by Gasteiger charge is 2.27. The van der Waals surface area contributed by atoms with Crippen molar-refractivity contribution in [3.05, 3.63) is 53.3 Å². The average Bonchev–Trinajstić information content (AvgIpc) is 3.12. The molecule has 0 fully saturated rings. The minimum Gasteiger partial charge on any atom is -0.497 e. The van der Waals surface area contributed by atoms with Crippen molar-refractivity contribution in [2.75, 3.05) is 14.2 Å². The van der Waals surface area contributed by atoms with Crippen LogP contribution in [-0.4, -0.2) is 36.2 Å². The summed E-state index contributed by atoms with van der Waals surface area (Å²) in [5, 5.41) is 0. The Morgan fingerprint density at radius 3 is 2.59 bits per heavy atom. The fourth-order valence-electron chi connectivity index (χ4n) is 3.78. The van der Waals surface area contributed by atoms with Gasteiger partial charge in [-0.05, 0) is 50.5 Å². The first-order valence-corrected chi connectivity index (χ1v) is 9.64. The van der Waals surface area contributed by atoms with Crippen LogP contribution in [0.1, 0.15) is 35.6 Å². The molecule has 1 aliphatic rings. The number of imidazole rings is 1. The molecule has 29 heavy (non-hydrogen) atoms. The zero-order chi connectivity index (χ0) is 20.5. The maximum atomic E-state index is 11.7. The largest absolute Gasteiger partial charge is 0.497 e. The zero-order valence-corrected chi connectivity index (χ0v) is 17.1. The number of fused-ring (bicyclic) bond motifs is 3. The number of aryl methyl sites for hydroxylation is 1. The number of aromatic nitrogens is 2. The Kier molecular flexibility index (Phi) is 5.01. The lowest BCUT2D eigenvalue weighted by Gasteiger charge is -2.24. The number of aldehydes is 1. The molecule has 2 heterocycles. The van der Waals surface area contributed by atoms with E-state index in [2.05, 4.69) is 9.55 Å². The van der Waals surface area contributed by atoms with Crippen LogP contribution in [0.15, 0.2) is 36.4 Å². The molecule has 0 aliphatic carbocycles. The number of carbonyl (C=O) groups is 1. The Hall–Kier alpha value is -3.28. The summed E-state index contributed by atoms with van der Waals surface area (Å²) in [4.78, 5) is 16.4. The predicted octanol–water partition coefficient (Wildman–Crippen LogP) is 4.25. The van der Waals surface area contributed by atoms with Gasteiger partial charge in [0.05, 0.1) is 31.7 Å². The van der Waals surface area contributed by atoms with Crippen LogP contribution in [0.25, 0.3) is 17.1 Å². The lowest BCUT2D eigenvalue weighted by atomic mass is 9.99. The number of hydrogen-bond donors (Lipinski definition) is 0. The lowest BCUT2D eigenvalue weighted by molar-refractivity contribution is 0.111. The number of nitrogens with zero attached hydrogens (tertiary/aromatic N) is 2. The molecule has 4 rings (SSSR count). The van der Waals surface area contributed by atoms with Crippen molar-refractivity contribution in [2.24, 2.45) is 0 Å². The molecule has 0 bridgehead atoms. The summed E-state index contributed by atoms with van der Waals surface area (Å²) in [5.74, 6) is 2.83. The Morgan fingerprint density at radius 1 is 1.07 bits per heavy atom. The Balaban J connectivity index is 1.95. The summed E-state index contributed by atoms with van der Waals surface area (Å²) in [6, 6.07) is 11.7. The number of methoxy groups -OCH3 is 2. The van der Waals surface area contributed by atoms with Crippen molar-refractivity contribution < 1.29 is 19.0 Å². The molecule has 0 unspecified atom stereocenters. The maximum absolute atomic E-state index is 11.7. The quantitative estimate of drug-likeness (QED) is 0.587. The summed E-state index contributed by atoms with van der Waals surface area (Å²) in [6.07, 6.45) is 2.37. The van der Waals surface area contributed by atoms with Gasteiger partial charge in [0.25, 0.3) is 0 Å². The molecule has 1 aromatic heterocycles. The van der Waals surface area contributed by atoms with Gasteiger partial charge in [0.2, 0.25) is 0 Å². The van der Waals surface area contributed by atoms with Gasteiger partial charge in [0, 0.05) is 11.6 Å². The van der Waals surface area contributed by atoms with Crippen LogP contribution in [0, 0.1) is 0 Å². The van der Waals surface area contributed by atoms with E-state index < -0.39 is 0 Å². The maximum Gasteiger partial charge on any atom is 0.170 e. The smallest absolute Gasteiger partial charge is 0.170 e. The third-order valence-electron chi connectivity index (χ3n) is 5.04. The van der Waals surface area contributed by atoms with Crippen LogP contribution < -0.4 is 14.2 Å². The Labute approximate surface area is 170 Å². The minimum absolute atomic E-state index is 0.0104. The highest BCUT2D eigenvalue weighted by atomic mass is 16.5. The van der Waals surface area contributed by atoms with E-state index in [1.165, 1.54) is 0 Å². The third kappa shape index (κ3) is 3.35. The SMILES string of the molecule is COc1cccc(-c2nc(C=O)c3n2-c2cc(OC(C)C)c(OC)cc2CC3)c1. The van der Waals surface area contributed by atoms with Gasteiger partial charge in [-0.2, -0.15) is 0 Å². The van der Waals surface area contributed by atoms with E-state index in [1.54, 1.807) is 14.2 Å². The topological polar surface area (TPSA) is 62.6 Å². The summed E-state index contributed by atoms with van der Waals surface area (Å²) < 4.78 is 19.0. The normalized spacial score (nSPS) is 12.3. The number of ether oxygens (including phenoxy) is 3. The van der Waals surface area contributed by atoms with Crippen molar-refractivity contribution in [3.63, 3.8) is 0 Å². The summed E-state index contributed by atoms with van der Waals surface area (Å²) in [7, 11) is 3.28. The second kappa shape index (κ2) is 7.62. The van der Waals surface area contributed by atoms with E-state index in [0.29, 0.717) is 23.0 Å². The van der Waals surface area contributed by atoms with Crippen molar-refractivity contribution in [3.8, 4) is 34.3 Å². The van der Waals surface area contributed by atoms with Gasteiger partial charge in [-0.25, -0.2) is 4.98 Å². The molecule has 0 amide bonds. The van der Waals surface area contributed by atoms with E-state index in [4.69, 9.17) is 14.2 Å². The molecule has 3 aromatic rings. The van der Waals surface area contributed by atoms with E-state index in [9.17, 15) is 4.79 Å². The number of carbonyl (C=O) groups excluding carboxylic acids is 1. The average molecular weight is 392 g/mol. The first-order valence-electron chi connectivity index (χ1n) is 9.64. The van der Waals surface area contributed by atoms with Gasteiger partial charge in [-0.3, -0.25) is 9.36 Å². The van der Waals surface area contributed by atoms with Crippen molar-refractivity contribution in [1.29, 1.82) is 0 Å². The molecular formula is C23H24N2O4. The lowest BCUT2D eigenvalue weighted by Crippen LogP contribution is -2.15. The molecule has 0 saturated carbocycles. The van der Waals surface area contributed by atoms with Crippen molar-refractivity contribution in [1.82, 2.24) is 9.55 Å². The first kappa shape index (κ1) is 19.1. The van der Waals surface area contributed by atoms with Gasteiger partial charge < -0.3 is 14.2 Å². The van der Waals surface area contributed by atoms with Gasteiger partial charge in [0.15, 0.2) is 17.8 Å². The van der Waals surface area contributed by atoms with Crippen LogP contribution in [0.4, 0.5) is 0 Å². The Morgan fingerprint density at radius 2 is 1.90 bits per heavy atom. The Bertz CT molecular complexity index is 1070. The second-order valence-corrected chi connectivity index (χ2v) is 7.25. The number of benzene rings is 2. The van der Waals surface area contributed by atoms with Crippen LogP contribution >= 0.6 is 0 Å². The molecule has 6 heteroatoms. The molecule has 0 atom stereocenters. The number of hydrogen-bond acceptors (Lipinski definition) is 5. The monoisotopic (exact) mass is 392 g/mol. The fourth-order valence-corrected chi connectivity index (χ4v) is 3.78. The first-order chi connectivity index (χ1) is 14.0. The molecular weight excluding hydrogens is 368 g/mol. The van der Waals surface area contributed by atoms with E-state index in [-0.39, 0.29) is 6.10 Å². The number of rotatable bonds is 6. The fraction of sp³-hybridized carbons (Fsp3) is 0.304. The van der Waals surface area contributed by atoms with Gasteiger partial charge in [-0.15, -0.1) is 0 Å². The van der Waals surface area contributed by atoms with Gasteiger partial charge >= 0.3 is 0 Å². The predicted molar refractivity (Wildman–Crippen MR) is 111 cm³/mol.